The Morgan fingerprint density at radius 3 is 1.28 bits per heavy atom. The molecule has 0 amide bonds. The van der Waals surface area contributed by atoms with Gasteiger partial charge in [-0.1, -0.05) is 194 Å². The summed E-state index contributed by atoms with van der Waals surface area (Å²) in [5.74, 6) is 1.76. The largest absolute Gasteiger partial charge is 0.309 e. The van der Waals surface area contributed by atoms with Crippen molar-refractivity contribution in [2.24, 2.45) is 0 Å². The van der Waals surface area contributed by atoms with Crippen LogP contribution < -0.4 is 0 Å². The van der Waals surface area contributed by atoms with Crippen LogP contribution in [0.5, 0.6) is 0 Å². The zero-order chi connectivity index (χ0) is 44.7. The molecule has 0 aliphatic carbocycles. The molecule has 0 fully saturated rings. The van der Waals surface area contributed by atoms with Crippen LogP contribution in [0, 0.1) is 0 Å². The highest BCUT2D eigenvalue weighted by molar-refractivity contribution is 6.27. The summed E-state index contributed by atoms with van der Waals surface area (Å²) < 4.78 is 4.71. The predicted octanol–water partition coefficient (Wildman–Crippen LogP) is 16.2. The van der Waals surface area contributed by atoms with E-state index >= 15 is 0 Å². The molecule has 0 spiro atoms. The van der Waals surface area contributed by atoms with Gasteiger partial charge in [0.1, 0.15) is 0 Å². The van der Waals surface area contributed by atoms with Crippen LogP contribution >= 0.6 is 0 Å². The summed E-state index contributed by atoms with van der Waals surface area (Å²) >= 11 is 0. The number of benzene rings is 11. The van der Waals surface area contributed by atoms with Crippen molar-refractivity contribution in [1.29, 1.82) is 0 Å². The van der Waals surface area contributed by atoms with Crippen LogP contribution in [0.4, 0.5) is 0 Å². The second-order valence-corrected chi connectivity index (χ2v) is 17.6. The fourth-order valence-electron chi connectivity index (χ4n) is 10.7. The zero-order valence-corrected chi connectivity index (χ0v) is 36.8. The molecule has 0 N–H and O–H groups in total. The zero-order valence-electron chi connectivity index (χ0n) is 36.8. The maximum atomic E-state index is 5.46. The minimum Gasteiger partial charge on any atom is -0.309 e. The number of fused-ring (bicyclic) bond motifs is 13. The van der Waals surface area contributed by atoms with Gasteiger partial charge in [-0.3, -0.25) is 4.57 Å². The van der Waals surface area contributed by atoms with Gasteiger partial charge < -0.3 is 4.57 Å². The molecule has 3 heterocycles. The molecule has 0 aliphatic rings. The lowest BCUT2D eigenvalue weighted by atomic mass is 9.94. The van der Waals surface area contributed by atoms with Crippen molar-refractivity contribution in [3.8, 4) is 56.7 Å². The summed E-state index contributed by atoms with van der Waals surface area (Å²) in [6.07, 6.45) is 0. The monoisotopic (exact) mass is 865 g/mol. The number of rotatable bonds is 6. The molecule has 11 aromatic carbocycles. The minimum absolute atomic E-state index is 0.555. The first kappa shape index (κ1) is 38.1. The van der Waals surface area contributed by atoms with E-state index < -0.39 is 0 Å². The summed E-state index contributed by atoms with van der Waals surface area (Å²) in [6.45, 7) is 0. The average molecular weight is 866 g/mol. The molecule has 0 unspecified atom stereocenters. The number of hydrogen-bond acceptors (Lipinski definition) is 3. The van der Waals surface area contributed by atoms with Gasteiger partial charge >= 0.3 is 0 Å². The summed E-state index contributed by atoms with van der Waals surface area (Å²) in [4.78, 5) is 16.2. The van der Waals surface area contributed by atoms with E-state index in [2.05, 4.69) is 234 Å². The van der Waals surface area contributed by atoms with Crippen molar-refractivity contribution < 1.29 is 0 Å². The van der Waals surface area contributed by atoms with Crippen molar-refractivity contribution in [1.82, 2.24) is 24.1 Å². The first-order chi connectivity index (χ1) is 33.7. The topological polar surface area (TPSA) is 48.5 Å². The van der Waals surface area contributed by atoms with Gasteiger partial charge in [-0.2, -0.15) is 9.97 Å². The van der Waals surface area contributed by atoms with E-state index in [0.717, 1.165) is 82.7 Å². The normalized spacial score (nSPS) is 11.8. The lowest BCUT2D eigenvalue weighted by Crippen LogP contribution is -2.06. The fraction of sp³-hybridized carbons (Fsp3) is 0. The van der Waals surface area contributed by atoms with E-state index in [0.29, 0.717) is 17.6 Å². The molecule has 68 heavy (non-hydrogen) atoms. The Hall–Kier alpha value is -9.19. The van der Waals surface area contributed by atoms with Crippen LogP contribution in [0.3, 0.4) is 0 Å². The maximum absolute atomic E-state index is 5.46. The van der Waals surface area contributed by atoms with Gasteiger partial charge in [0.25, 0.3) is 0 Å². The molecule has 0 aliphatic heterocycles. The number of hydrogen-bond donors (Lipinski definition) is 0. The van der Waals surface area contributed by atoms with Crippen LogP contribution in [0.1, 0.15) is 0 Å². The van der Waals surface area contributed by atoms with Gasteiger partial charge in [0.2, 0.25) is 5.95 Å². The lowest BCUT2D eigenvalue weighted by Gasteiger charge is -2.14. The first-order valence-corrected chi connectivity index (χ1v) is 23.1. The Bertz CT molecular complexity index is 4180. The molecule has 0 bridgehead atoms. The Balaban J connectivity index is 1.06. The third kappa shape index (κ3) is 5.93. The third-order valence-corrected chi connectivity index (χ3v) is 13.7. The second-order valence-electron chi connectivity index (χ2n) is 17.6. The molecule has 0 radical (unpaired) electrons. The summed E-state index contributed by atoms with van der Waals surface area (Å²) in [5.41, 5.74) is 11.7. The smallest absolute Gasteiger partial charge is 0.238 e. The Morgan fingerprint density at radius 1 is 0.250 bits per heavy atom. The maximum Gasteiger partial charge on any atom is 0.238 e. The minimum atomic E-state index is 0.555. The van der Waals surface area contributed by atoms with Crippen molar-refractivity contribution in [3.05, 3.63) is 237 Å². The van der Waals surface area contributed by atoms with Crippen molar-refractivity contribution in [3.63, 3.8) is 0 Å². The van der Waals surface area contributed by atoms with Gasteiger partial charge in [-0.25, -0.2) is 4.98 Å². The Kier molecular flexibility index (Phi) is 8.52. The number of nitrogens with zero attached hydrogens (tertiary/aromatic N) is 5. The highest BCUT2D eigenvalue weighted by atomic mass is 15.2. The summed E-state index contributed by atoms with van der Waals surface area (Å²) in [7, 11) is 0. The van der Waals surface area contributed by atoms with Crippen molar-refractivity contribution in [2.45, 2.75) is 0 Å². The van der Waals surface area contributed by atoms with Crippen LogP contribution in [0.15, 0.2) is 237 Å². The van der Waals surface area contributed by atoms with Gasteiger partial charge in [0.15, 0.2) is 11.6 Å². The van der Waals surface area contributed by atoms with Crippen LogP contribution in [-0.4, -0.2) is 24.1 Å². The molecule has 5 nitrogen and oxygen atoms in total. The molecular formula is C63H39N5. The highest BCUT2D eigenvalue weighted by Gasteiger charge is 2.24. The Labute approximate surface area is 391 Å². The van der Waals surface area contributed by atoms with Gasteiger partial charge in [-0.05, 0) is 97.0 Å². The van der Waals surface area contributed by atoms with Gasteiger partial charge in [0, 0.05) is 38.4 Å². The quantitative estimate of drug-likeness (QED) is 0.156. The highest BCUT2D eigenvalue weighted by Crippen LogP contribution is 2.43. The third-order valence-electron chi connectivity index (χ3n) is 13.7. The molecule has 5 heteroatoms. The molecule has 0 atom stereocenters. The van der Waals surface area contributed by atoms with E-state index in [1.807, 2.05) is 12.1 Å². The number of aromatic nitrogens is 5. The lowest BCUT2D eigenvalue weighted by molar-refractivity contribution is 0.955. The Morgan fingerprint density at radius 2 is 0.691 bits per heavy atom. The van der Waals surface area contributed by atoms with E-state index in [9.17, 15) is 0 Å². The van der Waals surface area contributed by atoms with Crippen molar-refractivity contribution >= 4 is 75.9 Å². The second kappa shape index (κ2) is 15.2. The van der Waals surface area contributed by atoms with E-state index in [1.165, 1.54) is 32.3 Å². The number of para-hydroxylation sites is 2. The summed E-state index contributed by atoms with van der Waals surface area (Å²) in [6, 6.07) is 84.5. The first-order valence-electron chi connectivity index (χ1n) is 23.1. The van der Waals surface area contributed by atoms with E-state index in [4.69, 9.17) is 15.0 Å². The van der Waals surface area contributed by atoms with Gasteiger partial charge in [-0.15, -0.1) is 0 Å². The standard InChI is InChI=1S/C63H39N5/c1-3-17-40(18-4-1)42-21-15-23-44(37-42)61-64-62(45-24-16-22-43(38-45)41-19-5-2-6-20-41)66-63(65-61)68-56-31-13-11-29-52(56)53-35-36-58-59(60(53)68)54-30-12-14-32-57(54)67(58)46-33-34-51-49-27-8-7-25-47(49)48-26-9-10-28-50(48)55(51)39-46/h1-39H. The molecule has 14 rings (SSSR count). The van der Waals surface area contributed by atoms with E-state index in [-0.39, 0.29) is 0 Å². The molecule has 14 aromatic rings. The van der Waals surface area contributed by atoms with Crippen molar-refractivity contribution in [2.75, 3.05) is 0 Å². The van der Waals surface area contributed by atoms with Crippen LogP contribution in [0.2, 0.25) is 0 Å². The predicted molar refractivity (Wildman–Crippen MR) is 283 cm³/mol. The molecule has 0 saturated heterocycles. The summed E-state index contributed by atoms with van der Waals surface area (Å²) in [5, 5.41) is 12.1. The van der Waals surface area contributed by atoms with Crippen LogP contribution in [-0.2, 0) is 0 Å². The molecular weight excluding hydrogens is 827 g/mol. The fourth-order valence-corrected chi connectivity index (χ4v) is 10.7. The molecule has 316 valence electrons. The van der Waals surface area contributed by atoms with Crippen LogP contribution in [0.25, 0.3) is 133 Å². The molecule has 0 saturated carbocycles. The van der Waals surface area contributed by atoms with E-state index in [1.54, 1.807) is 0 Å². The van der Waals surface area contributed by atoms with Gasteiger partial charge in [0.05, 0.1) is 22.1 Å². The molecule has 3 aromatic heterocycles. The SMILES string of the molecule is c1ccc(-c2cccc(-c3nc(-c4cccc(-c5ccccc5)c4)nc(-n4c5ccccc5c5ccc6c(c7ccccc7n6-c6ccc7c8ccccc8c8ccccc8c7c6)c54)n3)c2)cc1. The average Bonchev–Trinajstić information content (AvgIpc) is 3.94.